The first kappa shape index (κ1) is 21.9. The monoisotopic (exact) mass is 334 g/mol. The van der Waals surface area contributed by atoms with Crippen molar-refractivity contribution in [2.75, 3.05) is 67.1 Å². The Morgan fingerprint density at radius 2 is 1.30 bits per heavy atom. The molecule has 0 spiro atoms. The average molecular weight is 334 g/mol. The molecule has 0 aliphatic rings. The normalized spacial score (nSPS) is 11.4. The van der Waals surface area contributed by atoms with Crippen molar-refractivity contribution >= 4 is 7.32 Å². The third-order valence-electron chi connectivity index (χ3n) is 2.21. The molecule has 0 rings (SSSR count). The van der Waals surface area contributed by atoms with Crippen molar-refractivity contribution < 1.29 is 38.0 Å². The summed E-state index contributed by atoms with van der Waals surface area (Å²) in [7, 11) is 2.27. The van der Waals surface area contributed by atoms with Gasteiger partial charge in [0.25, 0.3) is 0 Å². The van der Waals surface area contributed by atoms with Crippen molar-refractivity contribution in [3.05, 3.63) is 24.7 Å². The summed E-state index contributed by atoms with van der Waals surface area (Å²) in [6.07, 6.45) is 6.17. The number of methoxy groups -OCH3 is 2. The highest BCUT2D eigenvalue weighted by atomic mass is 16.7. The molecule has 0 radical (unpaired) electrons. The van der Waals surface area contributed by atoms with Crippen molar-refractivity contribution in [1.29, 1.82) is 0 Å². The lowest BCUT2D eigenvalue weighted by atomic mass is 10.2. The maximum Gasteiger partial charge on any atom is 0.787 e. The van der Waals surface area contributed by atoms with E-state index in [0.717, 1.165) is 0 Å². The Balaban J connectivity index is 3.82. The Bertz CT molecular complexity index is 264. The molecule has 0 unspecified atom stereocenters. The van der Waals surface area contributed by atoms with E-state index < -0.39 is 7.32 Å². The van der Waals surface area contributed by atoms with Crippen LogP contribution in [0.4, 0.5) is 0 Å². The molecule has 0 amide bonds. The molecule has 1 N–H and O–H groups in total. The van der Waals surface area contributed by atoms with Crippen LogP contribution in [0.1, 0.15) is 0 Å². The van der Waals surface area contributed by atoms with Crippen molar-refractivity contribution in [3.63, 3.8) is 0 Å². The minimum Gasteiger partial charge on any atom is -0.508 e. The summed E-state index contributed by atoms with van der Waals surface area (Å²) in [5, 5.41) is 8.76. The largest absolute Gasteiger partial charge is 0.787 e. The Labute approximate surface area is 138 Å². The molecular formula is C14H27BO8. The summed E-state index contributed by atoms with van der Waals surface area (Å²) in [5.74, 6) is 0. The Hall–Kier alpha value is -1.10. The molecular weight excluding hydrogens is 307 g/mol. The molecule has 0 saturated carbocycles. The maximum absolute atomic E-state index is 8.76. The van der Waals surface area contributed by atoms with Crippen LogP contribution in [0.15, 0.2) is 24.7 Å². The summed E-state index contributed by atoms with van der Waals surface area (Å²) in [5.41, 5.74) is 0. The Kier molecular flexibility index (Phi) is 18.1. The minimum absolute atomic E-state index is 0.0982. The van der Waals surface area contributed by atoms with E-state index in [4.69, 9.17) is 38.0 Å². The zero-order chi connectivity index (χ0) is 17.0. The van der Waals surface area contributed by atoms with Crippen LogP contribution in [-0.2, 0) is 32.9 Å². The highest BCUT2D eigenvalue weighted by Gasteiger charge is 2.22. The van der Waals surface area contributed by atoms with E-state index in [0.29, 0.717) is 39.6 Å². The van der Waals surface area contributed by atoms with Gasteiger partial charge in [0.15, 0.2) is 0 Å². The van der Waals surface area contributed by atoms with Gasteiger partial charge in [0.2, 0.25) is 0 Å². The Morgan fingerprint density at radius 3 is 1.74 bits per heavy atom. The first-order valence-corrected chi connectivity index (χ1v) is 7.32. The fraction of sp³-hybridized carbons (Fsp3) is 0.714. The quantitative estimate of drug-likeness (QED) is 0.232. The van der Waals surface area contributed by atoms with Gasteiger partial charge in [-0.2, -0.15) is 0 Å². The minimum atomic E-state index is -0.951. The maximum atomic E-state index is 8.76. The molecule has 0 aliphatic heterocycles. The van der Waals surface area contributed by atoms with Crippen LogP contribution in [0.5, 0.6) is 0 Å². The van der Waals surface area contributed by atoms with Crippen molar-refractivity contribution in [2.45, 2.75) is 0 Å². The molecule has 8 nitrogen and oxygen atoms in total. The zero-order valence-electron chi connectivity index (χ0n) is 13.8. The third-order valence-corrected chi connectivity index (χ3v) is 2.21. The lowest BCUT2D eigenvalue weighted by Gasteiger charge is -2.10. The standard InChI is InChI=1S/C14H27BO8/c1-17-11-13-19-6-3-8-21-15(23-10-5-16)22-9-4-7-20-14-12-18-2/h3-4,8-9,16H,5-7,10-14H2,1-2H3/b8-3+,9-4+. The second-order valence-corrected chi connectivity index (χ2v) is 4.03. The summed E-state index contributed by atoms with van der Waals surface area (Å²) < 4.78 is 35.8. The Morgan fingerprint density at radius 1 is 0.783 bits per heavy atom. The van der Waals surface area contributed by atoms with Crippen LogP contribution in [-0.4, -0.2) is 79.5 Å². The van der Waals surface area contributed by atoms with Crippen molar-refractivity contribution in [2.24, 2.45) is 0 Å². The molecule has 0 aromatic rings. The van der Waals surface area contributed by atoms with Gasteiger partial charge in [-0.25, -0.2) is 0 Å². The number of aliphatic hydroxyl groups is 1. The molecule has 0 aromatic carbocycles. The summed E-state index contributed by atoms with van der Waals surface area (Å²) in [4.78, 5) is 0. The molecule has 0 bridgehead atoms. The molecule has 134 valence electrons. The third kappa shape index (κ3) is 17.1. The molecule has 0 saturated heterocycles. The first-order chi connectivity index (χ1) is 11.3. The van der Waals surface area contributed by atoms with E-state index in [2.05, 4.69) is 0 Å². The first-order valence-electron chi connectivity index (χ1n) is 7.32. The fourth-order valence-electron chi connectivity index (χ4n) is 1.16. The molecule has 0 aliphatic carbocycles. The zero-order valence-corrected chi connectivity index (χ0v) is 13.8. The summed E-state index contributed by atoms with van der Waals surface area (Å²) in [6.45, 7) is 2.84. The molecule has 0 heterocycles. The van der Waals surface area contributed by atoms with Gasteiger partial charge in [0.05, 0.1) is 65.4 Å². The molecule has 0 aromatic heterocycles. The van der Waals surface area contributed by atoms with Gasteiger partial charge in [-0.3, -0.25) is 0 Å². The van der Waals surface area contributed by atoms with Gasteiger partial charge in [-0.15, -0.1) is 0 Å². The predicted molar refractivity (Wildman–Crippen MR) is 84.6 cm³/mol. The highest BCUT2D eigenvalue weighted by Crippen LogP contribution is 1.95. The van der Waals surface area contributed by atoms with Crippen LogP contribution in [0, 0.1) is 0 Å². The molecule has 23 heavy (non-hydrogen) atoms. The number of aliphatic hydroxyl groups excluding tert-OH is 1. The van der Waals surface area contributed by atoms with Gasteiger partial charge < -0.3 is 38.0 Å². The SMILES string of the molecule is COCCOC/C=C/OB(O/C=C/COCCOC)OCCO. The second-order valence-electron chi connectivity index (χ2n) is 4.03. The lowest BCUT2D eigenvalue weighted by molar-refractivity contribution is 0.0835. The van der Waals surface area contributed by atoms with Crippen LogP contribution in [0.25, 0.3) is 0 Å². The van der Waals surface area contributed by atoms with Gasteiger partial charge >= 0.3 is 7.32 Å². The van der Waals surface area contributed by atoms with Crippen LogP contribution < -0.4 is 0 Å². The van der Waals surface area contributed by atoms with Gasteiger partial charge in [0.1, 0.15) is 0 Å². The van der Waals surface area contributed by atoms with Crippen molar-refractivity contribution in [1.82, 2.24) is 0 Å². The van der Waals surface area contributed by atoms with Gasteiger partial charge in [0, 0.05) is 14.2 Å². The lowest BCUT2D eigenvalue weighted by Crippen LogP contribution is -2.24. The summed E-state index contributed by atoms with van der Waals surface area (Å²) >= 11 is 0. The van der Waals surface area contributed by atoms with E-state index in [9.17, 15) is 0 Å². The van der Waals surface area contributed by atoms with Crippen LogP contribution in [0.3, 0.4) is 0 Å². The number of hydrogen-bond donors (Lipinski definition) is 1. The number of hydrogen-bond acceptors (Lipinski definition) is 8. The topological polar surface area (TPSA) is 84.8 Å². The van der Waals surface area contributed by atoms with E-state index in [1.807, 2.05) is 0 Å². The fourth-order valence-corrected chi connectivity index (χ4v) is 1.16. The second kappa shape index (κ2) is 19.0. The smallest absolute Gasteiger partial charge is 0.508 e. The molecule has 9 heteroatoms. The van der Waals surface area contributed by atoms with Crippen LogP contribution >= 0.6 is 0 Å². The van der Waals surface area contributed by atoms with E-state index in [1.54, 1.807) is 26.4 Å². The highest BCUT2D eigenvalue weighted by molar-refractivity contribution is 6.36. The van der Waals surface area contributed by atoms with E-state index in [-0.39, 0.29) is 13.2 Å². The average Bonchev–Trinajstić information content (AvgIpc) is 2.57. The number of ether oxygens (including phenoxy) is 4. The van der Waals surface area contributed by atoms with Crippen molar-refractivity contribution in [3.8, 4) is 0 Å². The number of rotatable bonds is 17. The molecule has 0 atom stereocenters. The van der Waals surface area contributed by atoms with E-state index in [1.165, 1.54) is 12.5 Å². The molecule has 0 fully saturated rings. The van der Waals surface area contributed by atoms with Gasteiger partial charge in [-0.05, 0) is 12.2 Å². The predicted octanol–water partition coefficient (Wildman–Crippen LogP) is 0.367. The van der Waals surface area contributed by atoms with Crippen LogP contribution in [0.2, 0.25) is 0 Å². The van der Waals surface area contributed by atoms with E-state index >= 15 is 0 Å². The summed E-state index contributed by atoms with van der Waals surface area (Å²) in [6, 6.07) is 0. The van der Waals surface area contributed by atoms with Gasteiger partial charge in [-0.1, -0.05) is 0 Å².